The van der Waals surface area contributed by atoms with Gasteiger partial charge in [-0.25, -0.2) is 0 Å². The number of aromatic nitrogens is 2. The van der Waals surface area contributed by atoms with Gasteiger partial charge in [-0.2, -0.15) is 5.10 Å². The largest absolute Gasteiger partial charge is 0.318 e. The van der Waals surface area contributed by atoms with Gasteiger partial charge in [-0.05, 0) is 26.7 Å². The van der Waals surface area contributed by atoms with E-state index in [1.54, 1.807) is 18.5 Å². The molecule has 0 atom stereocenters. The Labute approximate surface area is 114 Å². The maximum Gasteiger partial charge on any atom is 0.245 e. The van der Waals surface area contributed by atoms with E-state index in [0.717, 1.165) is 11.5 Å². The zero-order valence-corrected chi connectivity index (χ0v) is 12.1. The van der Waals surface area contributed by atoms with Crippen molar-refractivity contribution in [1.82, 2.24) is 9.78 Å². The van der Waals surface area contributed by atoms with Crippen LogP contribution in [0.1, 0.15) is 57.6 Å². The number of nitrogens with zero attached hydrogens (tertiary/aromatic N) is 2. The molecule has 2 rings (SSSR count). The van der Waals surface area contributed by atoms with E-state index in [4.69, 9.17) is 5.73 Å². The number of carbonyl (C=O) groups is 1. The molecule has 3 N–H and O–H groups in total. The van der Waals surface area contributed by atoms with Crippen LogP contribution >= 0.6 is 0 Å². The summed E-state index contributed by atoms with van der Waals surface area (Å²) in [4.78, 5) is 11.9. The van der Waals surface area contributed by atoms with E-state index >= 15 is 0 Å². The Kier molecular flexibility index (Phi) is 3.94. The van der Waals surface area contributed by atoms with Gasteiger partial charge in [0.25, 0.3) is 0 Å². The van der Waals surface area contributed by atoms with E-state index in [9.17, 15) is 4.79 Å². The maximum atomic E-state index is 11.9. The highest BCUT2D eigenvalue weighted by Crippen LogP contribution is 2.32. The normalized spacial score (nSPS) is 17.5. The van der Waals surface area contributed by atoms with Gasteiger partial charge in [-0.3, -0.25) is 9.48 Å². The SMILES string of the molecule is Cn1nc(C2CCCCC2)cc1NC(=O)C(C)(C)N. The van der Waals surface area contributed by atoms with Crippen molar-refractivity contribution in [3.05, 3.63) is 11.8 Å². The van der Waals surface area contributed by atoms with E-state index in [1.165, 1.54) is 32.1 Å². The van der Waals surface area contributed by atoms with Gasteiger partial charge in [-0.15, -0.1) is 0 Å². The van der Waals surface area contributed by atoms with Gasteiger partial charge in [0.2, 0.25) is 5.91 Å². The second-order valence-corrected chi connectivity index (χ2v) is 6.09. The Balaban J connectivity index is 2.10. The molecule has 1 heterocycles. The predicted molar refractivity (Wildman–Crippen MR) is 75.9 cm³/mol. The van der Waals surface area contributed by atoms with Crippen LogP contribution in [-0.2, 0) is 11.8 Å². The van der Waals surface area contributed by atoms with Crippen LogP contribution < -0.4 is 11.1 Å². The lowest BCUT2D eigenvalue weighted by Crippen LogP contribution is -2.45. The number of nitrogens with one attached hydrogen (secondary N) is 1. The highest BCUT2D eigenvalue weighted by Gasteiger charge is 2.24. The summed E-state index contributed by atoms with van der Waals surface area (Å²) in [6.07, 6.45) is 6.28. The second-order valence-electron chi connectivity index (χ2n) is 6.09. The monoisotopic (exact) mass is 264 g/mol. The smallest absolute Gasteiger partial charge is 0.245 e. The molecule has 1 aromatic rings. The minimum atomic E-state index is -0.880. The van der Waals surface area contributed by atoms with Crippen LogP contribution in [0.3, 0.4) is 0 Å². The highest BCUT2D eigenvalue weighted by atomic mass is 16.2. The number of rotatable bonds is 3. The average molecular weight is 264 g/mol. The fourth-order valence-electron chi connectivity index (χ4n) is 2.48. The second kappa shape index (κ2) is 5.33. The van der Waals surface area contributed by atoms with Gasteiger partial charge in [0.05, 0.1) is 11.2 Å². The van der Waals surface area contributed by atoms with E-state index in [2.05, 4.69) is 10.4 Å². The van der Waals surface area contributed by atoms with E-state index in [-0.39, 0.29) is 5.91 Å². The van der Waals surface area contributed by atoms with Crippen LogP contribution in [0.5, 0.6) is 0 Å². The summed E-state index contributed by atoms with van der Waals surface area (Å²) in [5.41, 5.74) is 6.00. The van der Waals surface area contributed by atoms with Gasteiger partial charge in [0.1, 0.15) is 5.82 Å². The number of anilines is 1. The highest BCUT2D eigenvalue weighted by molar-refractivity contribution is 5.96. The number of nitrogens with two attached hydrogens (primary N) is 1. The summed E-state index contributed by atoms with van der Waals surface area (Å²) in [5.74, 6) is 1.08. The third-order valence-electron chi connectivity index (χ3n) is 3.75. The first kappa shape index (κ1) is 14.1. The lowest BCUT2D eigenvalue weighted by atomic mass is 9.87. The maximum absolute atomic E-state index is 11.9. The van der Waals surface area contributed by atoms with Gasteiger partial charge in [-0.1, -0.05) is 19.3 Å². The molecule has 1 fully saturated rings. The minimum Gasteiger partial charge on any atom is -0.318 e. The van der Waals surface area contributed by atoms with Crippen molar-refractivity contribution in [3.8, 4) is 0 Å². The fourth-order valence-corrected chi connectivity index (χ4v) is 2.48. The summed E-state index contributed by atoms with van der Waals surface area (Å²) in [6, 6.07) is 1.99. The molecule has 0 radical (unpaired) electrons. The summed E-state index contributed by atoms with van der Waals surface area (Å²) in [5, 5.41) is 7.38. The molecule has 1 aliphatic rings. The van der Waals surface area contributed by atoms with Crippen LogP contribution in [-0.4, -0.2) is 21.2 Å². The van der Waals surface area contributed by atoms with Gasteiger partial charge >= 0.3 is 0 Å². The predicted octanol–water partition coefficient (Wildman–Crippen LogP) is 2.14. The summed E-state index contributed by atoms with van der Waals surface area (Å²) < 4.78 is 1.73. The van der Waals surface area contributed by atoms with Crippen molar-refractivity contribution in [3.63, 3.8) is 0 Å². The Morgan fingerprint density at radius 2 is 2.05 bits per heavy atom. The van der Waals surface area contributed by atoms with Crippen LogP contribution in [0.2, 0.25) is 0 Å². The molecule has 1 saturated carbocycles. The molecule has 0 aromatic carbocycles. The number of hydrogen-bond donors (Lipinski definition) is 2. The molecule has 0 aliphatic heterocycles. The molecule has 0 bridgehead atoms. The minimum absolute atomic E-state index is 0.189. The van der Waals surface area contributed by atoms with Crippen LogP contribution in [0.4, 0.5) is 5.82 Å². The molecule has 1 aliphatic carbocycles. The average Bonchev–Trinajstić information content (AvgIpc) is 2.71. The summed E-state index contributed by atoms with van der Waals surface area (Å²) >= 11 is 0. The van der Waals surface area contributed by atoms with Crippen LogP contribution in [0, 0.1) is 0 Å². The van der Waals surface area contributed by atoms with Gasteiger partial charge in [0.15, 0.2) is 0 Å². The topological polar surface area (TPSA) is 72.9 Å². The van der Waals surface area contributed by atoms with Crippen molar-refractivity contribution in [1.29, 1.82) is 0 Å². The Morgan fingerprint density at radius 3 is 2.63 bits per heavy atom. The van der Waals surface area contributed by atoms with Crippen molar-refractivity contribution >= 4 is 11.7 Å². The lowest BCUT2D eigenvalue weighted by molar-refractivity contribution is -0.120. The Hall–Kier alpha value is -1.36. The Morgan fingerprint density at radius 1 is 1.42 bits per heavy atom. The Bertz CT molecular complexity index is 453. The molecular weight excluding hydrogens is 240 g/mol. The standard InChI is InChI=1S/C14H24N4O/c1-14(2,15)13(19)16-12-9-11(17-18(12)3)10-7-5-4-6-8-10/h9-10H,4-8,15H2,1-3H3,(H,16,19). The first-order valence-corrected chi connectivity index (χ1v) is 7.02. The summed E-state index contributed by atoms with van der Waals surface area (Å²) in [7, 11) is 1.85. The number of hydrogen-bond acceptors (Lipinski definition) is 3. The zero-order valence-electron chi connectivity index (χ0n) is 12.1. The van der Waals surface area contributed by atoms with E-state index < -0.39 is 5.54 Å². The van der Waals surface area contributed by atoms with E-state index in [1.807, 2.05) is 13.1 Å². The third-order valence-corrected chi connectivity index (χ3v) is 3.75. The molecule has 5 heteroatoms. The summed E-state index contributed by atoms with van der Waals surface area (Å²) in [6.45, 7) is 3.39. The molecule has 0 unspecified atom stereocenters. The number of amides is 1. The molecule has 106 valence electrons. The first-order chi connectivity index (χ1) is 8.88. The molecular formula is C14H24N4O. The quantitative estimate of drug-likeness (QED) is 0.878. The molecule has 5 nitrogen and oxygen atoms in total. The van der Waals surface area contributed by atoms with Crippen molar-refractivity contribution < 1.29 is 4.79 Å². The number of carbonyl (C=O) groups excluding carboxylic acids is 1. The molecule has 0 saturated heterocycles. The van der Waals surface area contributed by atoms with Crippen molar-refractivity contribution in [2.24, 2.45) is 12.8 Å². The molecule has 19 heavy (non-hydrogen) atoms. The fraction of sp³-hybridized carbons (Fsp3) is 0.714. The first-order valence-electron chi connectivity index (χ1n) is 7.02. The van der Waals surface area contributed by atoms with Crippen molar-refractivity contribution in [2.75, 3.05) is 5.32 Å². The van der Waals surface area contributed by atoms with Crippen LogP contribution in [0.25, 0.3) is 0 Å². The zero-order chi connectivity index (χ0) is 14.0. The van der Waals surface area contributed by atoms with Gasteiger partial charge in [0, 0.05) is 19.0 Å². The van der Waals surface area contributed by atoms with E-state index in [0.29, 0.717) is 5.92 Å². The molecule has 0 spiro atoms. The molecule has 1 aromatic heterocycles. The van der Waals surface area contributed by atoms with Gasteiger partial charge < -0.3 is 11.1 Å². The molecule has 1 amide bonds. The van der Waals surface area contributed by atoms with Crippen molar-refractivity contribution in [2.45, 2.75) is 57.4 Å². The third kappa shape index (κ3) is 3.35. The number of aryl methyl sites for hydroxylation is 1. The van der Waals surface area contributed by atoms with Crippen LogP contribution in [0.15, 0.2) is 6.07 Å². The lowest BCUT2D eigenvalue weighted by Gasteiger charge is -2.19.